The van der Waals surface area contributed by atoms with Crippen molar-refractivity contribution in [2.24, 2.45) is 0 Å². The molecular weight excluding hydrogens is 378 g/mol. The summed E-state index contributed by atoms with van der Waals surface area (Å²) in [6.07, 6.45) is 1.27. The molecule has 2 rings (SSSR count). The summed E-state index contributed by atoms with van der Waals surface area (Å²) in [5.74, 6) is -0.886. The van der Waals surface area contributed by atoms with Gasteiger partial charge in [0.2, 0.25) is 5.91 Å². The van der Waals surface area contributed by atoms with Crippen molar-refractivity contribution in [1.29, 1.82) is 0 Å². The molecule has 1 heterocycles. The Hall–Kier alpha value is -1.89. The van der Waals surface area contributed by atoms with Crippen molar-refractivity contribution < 1.29 is 23.9 Å². The fraction of sp³-hybridized carbons (Fsp3) is 0.471. The van der Waals surface area contributed by atoms with Crippen LogP contribution in [0.4, 0.5) is 0 Å². The van der Waals surface area contributed by atoms with Crippen LogP contribution in [-0.4, -0.2) is 43.0 Å². The van der Waals surface area contributed by atoms with Crippen molar-refractivity contribution in [2.75, 3.05) is 14.2 Å². The van der Waals surface area contributed by atoms with Crippen LogP contribution in [0.1, 0.15) is 37.3 Å². The van der Waals surface area contributed by atoms with Gasteiger partial charge in [-0.25, -0.2) is 4.79 Å². The Kier molecular flexibility index (Phi) is 6.36. The summed E-state index contributed by atoms with van der Waals surface area (Å²) in [5.41, 5.74) is 0.867. The number of nitrogens with zero attached hydrogens (tertiary/aromatic N) is 1. The third-order valence-corrected chi connectivity index (χ3v) is 4.70. The summed E-state index contributed by atoms with van der Waals surface area (Å²) in [5, 5.41) is 0. The second-order valence-electron chi connectivity index (χ2n) is 5.56. The first-order valence-corrected chi connectivity index (χ1v) is 8.48. The first-order chi connectivity index (χ1) is 11.5. The zero-order chi connectivity index (χ0) is 17.7. The summed E-state index contributed by atoms with van der Waals surface area (Å²) in [7, 11) is 2.64. The van der Waals surface area contributed by atoms with Crippen molar-refractivity contribution in [3.63, 3.8) is 0 Å². The van der Waals surface area contributed by atoms with Crippen LogP contribution in [0.3, 0.4) is 0 Å². The summed E-state index contributed by atoms with van der Waals surface area (Å²) in [4.78, 5) is 37.5. The van der Waals surface area contributed by atoms with Crippen LogP contribution in [0.15, 0.2) is 28.7 Å². The van der Waals surface area contributed by atoms with E-state index in [2.05, 4.69) is 15.9 Å². The van der Waals surface area contributed by atoms with Crippen LogP contribution in [-0.2, 0) is 23.9 Å². The molecule has 1 aromatic rings. The van der Waals surface area contributed by atoms with Crippen LogP contribution >= 0.6 is 15.9 Å². The maximum Gasteiger partial charge on any atom is 0.328 e. The van der Waals surface area contributed by atoms with Gasteiger partial charge < -0.3 is 14.4 Å². The summed E-state index contributed by atoms with van der Waals surface area (Å²) in [6.45, 7) is 0. The molecule has 0 aliphatic carbocycles. The van der Waals surface area contributed by atoms with E-state index in [1.54, 1.807) is 4.90 Å². The molecule has 2 atom stereocenters. The number of hydrogen-bond donors (Lipinski definition) is 0. The van der Waals surface area contributed by atoms with Crippen LogP contribution in [0.5, 0.6) is 0 Å². The Morgan fingerprint density at radius 1 is 1.25 bits per heavy atom. The monoisotopic (exact) mass is 397 g/mol. The van der Waals surface area contributed by atoms with Crippen LogP contribution in [0.2, 0.25) is 0 Å². The van der Waals surface area contributed by atoms with Crippen LogP contribution in [0, 0.1) is 0 Å². The van der Waals surface area contributed by atoms with Gasteiger partial charge in [-0.2, -0.15) is 0 Å². The van der Waals surface area contributed by atoms with Gasteiger partial charge in [0.1, 0.15) is 6.04 Å². The highest BCUT2D eigenvalue weighted by molar-refractivity contribution is 9.10. The number of methoxy groups -OCH3 is 2. The normalized spacial score (nSPS) is 18.4. The lowest BCUT2D eigenvalue weighted by Gasteiger charge is -2.32. The molecule has 0 N–H and O–H groups in total. The highest BCUT2D eigenvalue weighted by Crippen LogP contribution is 2.34. The first kappa shape index (κ1) is 18.4. The molecule has 1 fully saturated rings. The lowest BCUT2D eigenvalue weighted by molar-refractivity contribution is -0.151. The first-order valence-electron chi connectivity index (χ1n) is 7.69. The number of carbonyl (C=O) groups is 3. The van der Waals surface area contributed by atoms with Gasteiger partial charge >= 0.3 is 11.9 Å². The lowest BCUT2D eigenvalue weighted by Crippen LogP contribution is -2.42. The molecule has 2 unspecified atom stereocenters. The molecule has 0 bridgehead atoms. The van der Waals surface area contributed by atoms with Gasteiger partial charge in [-0.15, -0.1) is 0 Å². The number of likely N-dealkylation sites (tertiary alicyclic amines) is 1. The predicted molar refractivity (Wildman–Crippen MR) is 90.0 cm³/mol. The third-order valence-electron chi connectivity index (χ3n) is 4.17. The maximum atomic E-state index is 12.4. The number of carbonyl (C=O) groups excluding carboxylic acids is 3. The van der Waals surface area contributed by atoms with E-state index >= 15 is 0 Å². The molecule has 0 radical (unpaired) electrons. The third kappa shape index (κ3) is 4.14. The van der Waals surface area contributed by atoms with Crippen molar-refractivity contribution in [3.05, 3.63) is 34.3 Å². The molecule has 1 aliphatic rings. The largest absolute Gasteiger partial charge is 0.469 e. The van der Waals surface area contributed by atoms with E-state index in [4.69, 9.17) is 9.47 Å². The van der Waals surface area contributed by atoms with E-state index < -0.39 is 12.0 Å². The minimum absolute atomic E-state index is 0.108. The molecule has 1 aromatic carbocycles. The zero-order valence-corrected chi connectivity index (χ0v) is 15.2. The van der Waals surface area contributed by atoms with Gasteiger partial charge in [-0.3, -0.25) is 9.59 Å². The van der Waals surface area contributed by atoms with Gasteiger partial charge in [0.05, 0.1) is 20.3 Å². The van der Waals surface area contributed by atoms with Gasteiger partial charge in [0, 0.05) is 17.3 Å². The van der Waals surface area contributed by atoms with E-state index in [-0.39, 0.29) is 24.3 Å². The minimum atomic E-state index is -0.617. The topological polar surface area (TPSA) is 72.9 Å². The molecule has 0 saturated carbocycles. The number of esters is 2. The van der Waals surface area contributed by atoms with E-state index in [0.29, 0.717) is 19.3 Å². The molecule has 24 heavy (non-hydrogen) atoms. The average molecular weight is 398 g/mol. The predicted octanol–water partition coefficient (Wildman–Crippen LogP) is 2.61. The fourth-order valence-corrected chi connectivity index (χ4v) is 3.23. The Labute approximate surface area is 149 Å². The molecule has 7 heteroatoms. The number of amides is 1. The van der Waals surface area contributed by atoms with Gasteiger partial charge in [0.25, 0.3) is 0 Å². The maximum absolute atomic E-state index is 12.4. The Morgan fingerprint density at radius 2 is 1.92 bits per heavy atom. The molecular formula is C17H20BrNO5. The Bertz CT molecular complexity index is 616. The second kappa shape index (κ2) is 8.28. The Balaban J connectivity index is 2.32. The highest BCUT2D eigenvalue weighted by atomic mass is 79.9. The molecule has 6 nitrogen and oxygen atoms in total. The molecule has 0 aromatic heterocycles. The lowest BCUT2D eigenvalue weighted by atomic mass is 9.99. The molecule has 0 spiro atoms. The zero-order valence-electron chi connectivity index (χ0n) is 13.7. The molecule has 130 valence electrons. The molecule has 1 saturated heterocycles. The minimum Gasteiger partial charge on any atom is -0.469 e. The molecule has 1 aliphatic heterocycles. The second-order valence-corrected chi connectivity index (χ2v) is 6.48. The van der Waals surface area contributed by atoms with E-state index in [1.807, 2.05) is 24.3 Å². The Morgan fingerprint density at radius 3 is 2.50 bits per heavy atom. The van der Waals surface area contributed by atoms with Crippen molar-refractivity contribution in [3.8, 4) is 0 Å². The number of halogens is 1. The van der Waals surface area contributed by atoms with Gasteiger partial charge in [0.15, 0.2) is 0 Å². The summed E-state index contributed by atoms with van der Waals surface area (Å²) in [6, 6.07) is 6.50. The summed E-state index contributed by atoms with van der Waals surface area (Å²) >= 11 is 3.38. The number of rotatable bonds is 6. The number of ether oxygens (including phenoxy) is 2. The van der Waals surface area contributed by atoms with Crippen LogP contribution < -0.4 is 0 Å². The quantitative estimate of drug-likeness (QED) is 0.689. The van der Waals surface area contributed by atoms with Gasteiger partial charge in [-0.1, -0.05) is 28.1 Å². The van der Waals surface area contributed by atoms with Crippen molar-refractivity contribution >= 4 is 33.8 Å². The highest BCUT2D eigenvalue weighted by Gasteiger charge is 2.41. The average Bonchev–Trinajstić information content (AvgIpc) is 2.97. The van der Waals surface area contributed by atoms with Crippen molar-refractivity contribution in [1.82, 2.24) is 4.90 Å². The summed E-state index contributed by atoms with van der Waals surface area (Å²) < 4.78 is 10.4. The van der Waals surface area contributed by atoms with E-state index in [9.17, 15) is 14.4 Å². The number of benzene rings is 1. The van der Waals surface area contributed by atoms with E-state index in [1.165, 1.54) is 14.2 Å². The van der Waals surface area contributed by atoms with E-state index in [0.717, 1.165) is 10.0 Å². The standard InChI is InChI=1S/C17H20BrNO5/c1-23-16(21)10-8-13(11-3-5-12(18)6-4-11)19-14(17(22)24-2)7-9-15(19)20/h3-6,13-14H,7-10H2,1-2H3. The number of hydrogen-bond acceptors (Lipinski definition) is 5. The SMILES string of the molecule is COC(=O)CCC(c1ccc(Br)cc1)N1C(=O)CCC1C(=O)OC. The smallest absolute Gasteiger partial charge is 0.328 e. The van der Waals surface area contributed by atoms with Crippen molar-refractivity contribution in [2.45, 2.75) is 37.8 Å². The molecule has 1 amide bonds. The van der Waals surface area contributed by atoms with Gasteiger partial charge in [-0.05, 0) is 30.5 Å². The van der Waals surface area contributed by atoms with Crippen LogP contribution in [0.25, 0.3) is 0 Å². The fourth-order valence-electron chi connectivity index (χ4n) is 2.97.